The fraction of sp³-hybridized carbons (Fsp3) is 0.667. The molecule has 0 fully saturated rings. The topological polar surface area (TPSA) is 76.4 Å². The molecule has 1 unspecified atom stereocenters. The Hall–Kier alpha value is -1.40. The first-order chi connectivity index (χ1) is 8.52. The maximum atomic E-state index is 11.5. The van der Waals surface area contributed by atoms with Gasteiger partial charge in [-0.25, -0.2) is 4.98 Å². The van der Waals surface area contributed by atoms with Gasteiger partial charge in [0.15, 0.2) is 0 Å². The molecule has 0 saturated heterocycles. The molecular formula is C12H21N3O3. The van der Waals surface area contributed by atoms with Gasteiger partial charge in [0.1, 0.15) is 5.76 Å². The molecule has 0 aliphatic rings. The Morgan fingerprint density at radius 2 is 2.22 bits per heavy atom. The first-order valence-electron chi connectivity index (χ1n) is 5.94. The maximum Gasteiger partial charge on any atom is 0.234 e. The van der Waals surface area contributed by atoms with Gasteiger partial charge in [-0.1, -0.05) is 0 Å². The second-order valence-corrected chi connectivity index (χ2v) is 4.28. The van der Waals surface area contributed by atoms with Crippen LogP contribution in [0.15, 0.2) is 4.42 Å². The number of oxazole rings is 1. The number of rotatable bonds is 7. The largest absolute Gasteiger partial charge is 0.444 e. The van der Waals surface area contributed by atoms with E-state index in [0.29, 0.717) is 19.0 Å². The molecule has 0 bridgehead atoms. The molecule has 1 atom stereocenters. The van der Waals surface area contributed by atoms with E-state index in [9.17, 15) is 4.79 Å². The summed E-state index contributed by atoms with van der Waals surface area (Å²) in [5.74, 6) is 1.34. The Morgan fingerprint density at radius 3 is 2.78 bits per heavy atom. The van der Waals surface area contributed by atoms with Gasteiger partial charge in [-0.3, -0.25) is 10.1 Å². The van der Waals surface area contributed by atoms with Crippen LogP contribution in [0.2, 0.25) is 0 Å². The molecule has 1 amide bonds. The maximum absolute atomic E-state index is 11.5. The summed E-state index contributed by atoms with van der Waals surface area (Å²) in [6.45, 7) is 6.83. The van der Waals surface area contributed by atoms with E-state index >= 15 is 0 Å². The summed E-state index contributed by atoms with van der Waals surface area (Å²) in [7, 11) is 1.61. The summed E-state index contributed by atoms with van der Waals surface area (Å²) in [5, 5.41) is 5.79. The summed E-state index contributed by atoms with van der Waals surface area (Å²) in [4.78, 5) is 15.7. The monoisotopic (exact) mass is 255 g/mol. The van der Waals surface area contributed by atoms with Gasteiger partial charge >= 0.3 is 0 Å². The number of aromatic nitrogens is 1. The number of methoxy groups -OCH3 is 1. The van der Waals surface area contributed by atoms with Crippen molar-refractivity contribution in [2.75, 3.05) is 20.3 Å². The second kappa shape index (κ2) is 7.13. The van der Waals surface area contributed by atoms with Crippen LogP contribution in [0.3, 0.4) is 0 Å². The van der Waals surface area contributed by atoms with Crippen molar-refractivity contribution in [3.63, 3.8) is 0 Å². The molecule has 102 valence electrons. The van der Waals surface area contributed by atoms with Crippen LogP contribution >= 0.6 is 0 Å². The van der Waals surface area contributed by atoms with Gasteiger partial charge in [0, 0.05) is 13.2 Å². The number of aryl methyl sites for hydroxylation is 2. The third kappa shape index (κ3) is 4.85. The van der Waals surface area contributed by atoms with Crippen LogP contribution in [0.4, 0.5) is 0 Å². The zero-order chi connectivity index (χ0) is 13.5. The van der Waals surface area contributed by atoms with E-state index in [-0.39, 0.29) is 18.5 Å². The van der Waals surface area contributed by atoms with Gasteiger partial charge < -0.3 is 14.5 Å². The summed E-state index contributed by atoms with van der Waals surface area (Å²) in [5.41, 5.74) is 0.880. The highest BCUT2D eigenvalue weighted by Gasteiger charge is 2.08. The Kier molecular flexibility index (Phi) is 5.80. The van der Waals surface area contributed by atoms with Crippen molar-refractivity contribution in [2.45, 2.75) is 33.4 Å². The average Bonchev–Trinajstić information content (AvgIpc) is 2.58. The molecular weight excluding hydrogens is 234 g/mol. The number of amides is 1. The highest BCUT2D eigenvalue weighted by atomic mass is 16.5. The molecule has 0 aliphatic carbocycles. The van der Waals surface area contributed by atoms with E-state index in [1.807, 2.05) is 20.8 Å². The molecule has 1 aromatic rings. The molecule has 2 N–H and O–H groups in total. The van der Waals surface area contributed by atoms with Crippen LogP contribution in [-0.4, -0.2) is 37.2 Å². The van der Waals surface area contributed by atoms with Crippen molar-refractivity contribution in [1.82, 2.24) is 15.6 Å². The third-order valence-electron chi connectivity index (χ3n) is 2.46. The van der Waals surface area contributed by atoms with Crippen molar-refractivity contribution in [3.8, 4) is 0 Å². The molecule has 6 heteroatoms. The van der Waals surface area contributed by atoms with Crippen molar-refractivity contribution >= 4 is 5.91 Å². The van der Waals surface area contributed by atoms with Gasteiger partial charge in [0.05, 0.1) is 25.4 Å². The van der Waals surface area contributed by atoms with Crippen LogP contribution in [0.25, 0.3) is 0 Å². The predicted octanol–water partition coefficient (Wildman–Crippen LogP) is 0.532. The number of nitrogens with one attached hydrogen (secondary N) is 2. The lowest BCUT2D eigenvalue weighted by atomic mass is 10.3. The van der Waals surface area contributed by atoms with Crippen molar-refractivity contribution in [2.24, 2.45) is 0 Å². The van der Waals surface area contributed by atoms with Crippen LogP contribution in [0.1, 0.15) is 24.3 Å². The molecule has 0 aliphatic heterocycles. The Balaban J connectivity index is 2.23. The second-order valence-electron chi connectivity index (χ2n) is 4.28. The number of nitrogens with zero attached hydrogens (tertiary/aromatic N) is 1. The zero-order valence-electron chi connectivity index (χ0n) is 11.4. The summed E-state index contributed by atoms with van der Waals surface area (Å²) in [6, 6.07) is 0.00975. The third-order valence-corrected chi connectivity index (χ3v) is 2.46. The molecule has 0 saturated carbocycles. The average molecular weight is 255 g/mol. The normalized spacial score (nSPS) is 12.4. The minimum atomic E-state index is -0.0699. The zero-order valence-corrected chi connectivity index (χ0v) is 11.4. The quantitative estimate of drug-likeness (QED) is 0.743. The van der Waals surface area contributed by atoms with Crippen LogP contribution < -0.4 is 10.6 Å². The summed E-state index contributed by atoms with van der Waals surface area (Å²) in [6.07, 6.45) is 0. The fourth-order valence-corrected chi connectivity index (χ4v) is 1.52. The van der Waals surface area contributed by atoms with E-state index in [4.69, 9.17) is 9.15 Å². The SMILES string of the molecule is COCC(C)NC(=O)CNCc1nc(C)c(C)o1. The molecule has 0 radical (unpaired) electrons. The number of carbonyl (C=O) groups excluding carboxylic acids is 1. The minimum Gasteiger partial charge on any atom is -0.444 e. The number of carbonyl (C=O) groups is 1. The summed E-state index contributed by atoms with van der Waals surface area (Å²) < 4.78 is 10.3. The van der Waals surface area contributed by atoms with Crippen LogP contribution in [0.5, 0.6) is 0 Å². The van der Waals surface area contributed by atoms with E-state index in [1.54, 1.807) is 7.11 Å². The van der Waals surface area contributed by atoms with Gasteiger partial charge in [0.25, 0.3) is 0 Å². The summed E-state index contributed by atoms with van der Waals surface area (Å²) >= 11 is 0. The van der Waals surface area contributed by atoms with Crippen LogP contribution in [0, 0.1) is 13.8 Å². The molecule has 6 nitrogen and oxygen atoms in total. The van der Waals surface area contributed by atoms with Crippen molar-refractivity contribution in [1.29, 1.82) is 0 Å². The number of hydrogen-bond acceptors (Lipinski definition) is 5. The van der Waals surface area contributed by atoms with E-state index < -0.39 is 0 Å². The van der Waals surface area contributed by atoms with E-state index in [0.717, 1.165) is 11.5 Å². The minimum absolute atomic E-state index is 0.00975. The standard InChI is InChI=1S/C12H21N3O3/c1-8(7-17-4)14-11(16)5-13-6-12-15-9(2)10(3)18-12/h8,13H,5-7H2,1-4H3,(H,14,16). The van der Waals surface area contributed by atoms with E-state index in [2.05, 4.69) is 15.6 Å². The van der Waals surface area contributed by atoms with Gasteiger partial charge in [-0.05, 0) is 20.8 Å². The number of ether oxygens (including phenoxy) is 1. The number of hydrogen-bond donors (Lipinski definition) is 2. The molecule has 1 heterocycles. The van der Waals surface area contributed by atoms with Gasteiger partial charge in [0.2, 0.25) is 11.8 Å². The Bertz CT molecular complexity index is 370. The lowest BCUT2D eigenvalue weighted by Crippen LogP contribution is -2.40. The Labute approximate surface area is 107 Å². The Morgan fingerprint density at radius 1 is 1.50 bits per heavy atom. The lowest BCUT2D eigenvalue weighted by molar-refractivity contribution is -0.121. The highest BCUT2D eigenvalue weighted by Crippen LogP contribution is 2.07. The predicted molar refractivity (Wildman–Crippen MR) is 67.2 cm³/mol. The first-order valence-corrected chi connectivity index (χ1v) is 5.94. The molecule has 1 rings (SSSR count). The molecule has 0 spiro atoms. The fourth-order valence-electron chi connectivity index (χ4n) is 1.52. The van der Waals surface area contributed by atoms with Crippen LogP contribution in [-0.2, 0) is 16.1 Å². The molecule has 18 heavy (non-hydrogen) atoms. The smallest absolute Gasteiger partial charge is 0.234 e. The van der Waals surface area contributed by atoms with Gasteiger partial charge in [-0.2, -0.15) is 0 Å². The van der Waals surface area contributed by atoms with E-state index in [1.165, 1.54) is 0 Å². The first kappa shape index (κ1) is 14.7. The highest BCUT2D eigenvalue weighted by molar-refractivity contribution is 5.78. The van der Waals surface area contributed by atoms with Crippen molar-refractivity contribution in [3.05, 3.63) is 17.3 Å². The van der Waals surface area contributed by atoms with Gasteiger partial charge in [-0.15, -0.1) is 0 Å². The molecule has 0 aromatic carbocycles. The van der Waals surface area contributed by atoms with Crippen molar-refractivity contribution < 1.29 is 13.9 Å². The molecule has 1 aromatic heterocycles. The lowest BCUT2D eigenvalue weighted by Gasteiger charge is -2.12.